The van der Waals surface area contributed by atoms with Crippen molar-refractivity contribution in [2.24, 2.45) is 11.8 Å². The van der Waals surface area contributed by atoms with E-state index in [0.29, 0.717) is 25.8 Å². The molecule has 8 nitrogen and oxygen atoms in total. The fourth-order valence-corrected chi connectivity index (χ4v) is 5.59. The van der Waals surface area contributed by atoms with E-state index in [1.54, 1.807) is 6.92 Å². The fraction of sp³-hybridized carbons (Fsp3) is 0.609. The molecule has 1 aromatic rings. The van der Waals surface area contributed by atoms with Crippen molar-refractivity contribution in [3.05, 3.63) is 35.9 Å². The average Bonchev–Trinajstić information content (AvgIpc) is 3.42. The number of nitrogens with one attached hydrogen (secondary N) is 1. The summed E-state index contributed by atoms with van der Waals surface area (Å²) in [6.45, 7) is 3.86. The number of hydrogen-bond acceptors (Lipinski definition) is 6. The molecule has 2 unspecified atom stereocenters. The number of esters is 1. The number of hydrogen-bond donors (Lipinski definition) is 2. The van der Waals surface area contributed by atoms with Gasteiger partial charge in [0.05, 0.1) is 37.2 Å². The van der Waals surface area contributed by atoms with Gasteiger partial charge in [-0.2, -0.15) is 0 Å². The summed E-state index contributed by atoms with van der Waals surface area (Å²) >= 11 is 0. The van der Waals surface area contributed by atoms with Gasteiger partial charge in [-0.15, -0.1) is 0 Å². The zero-order valence-electron chi connectivity index (χ0n) is 18.0. The lowest BCUT2D eigenvalue weighted by atomic mass is 9.71. The number of fused-ring (bicyclic) bond motifs is 1. The fourth-order valence-electron chi connectivity index (χ4n) is 5.59. The maximum atomic E-state index is 13.6. The molecule has 3 heterocycles. The van der Waals surface area contributed by atoms with Crippen molar-refractivity contribution >= 4 is 17.8 Å². The number of rotatable bonds is 8. The van der Waals surface area contributed by atoms with Crippen molar-refractivity contribution < 1.29 is 29.0 Å². The van der Waals surface area contributed by atoms with Crippen molar-refractivity contribution in [2.75, 3.05) is 13.2 Å². The number of carbonyl (C=O) groups is 3. The number of aliphatic hydroxyl groups excluding tert-OH is 1. The van der Waals surface area contributed by atoms with Gasteiger partial charge in [-0.05, 0) is 31.7 Å². The van der Waals surface area contributed by atoms with Crippen molar-refractivity contribution in [1.29, 1.82) is 0 Å². The molecule has 0 radical (unpaired) electrons. The summed E-state index contributed by atoms with van der Waals surface area (Å²) in [5.41, 5.74) is -0.126. The molecule has 2 bridgehead atoms. The summed E-state index contributed by atoms with van der Waals surface area (Å²) in [5.74, 6) is -2.56. The highest BCUT2D eigenvalue weighted by Gasteiger charge is 2.75. The second-order valence-electron chi connectivity index (χ2n) is 8.50. The van der Waals surface area contributed by atoms with Crippen molar-refractivity contribution in [3.63, 3.8) is 0 Å². The molecule has 3 aliphatic rings. The van der Waals surface area contributed by atoms with Crippen LogP contribution in [0.25, 0.3) is 0 Å². The molecule has 168 valence electrons. The second kappa shape index (κ2) is 8.59. The number of likely N-dealkylation sites (tertiary alicyclic amines) is 1. The molecule has 8 heteroatoms. The first-order valence-corrected chi connectivity index (χ1v) is 11.1. The third kappa shape index (κ3) is 3.42. The highest BCUT2D eigenvalue weighted by Crippen LogP contribution is 2.59. The monoisotopic (exact) mass is 430 g/mol. The van der Waals surface area contributed by atoms with Crippen LogP contribution >= 0.6 is 0 Å². The van der Waals surface area contributed by atoms with Crippen molar-refractivity contribution in [2.45, 2.75) is 63.4 Å². The van der Waals surface area contributed by atoms with Crippen LogP contribution in [0.5, 0.6) is 0 Å². The molecule has 0 aliphatic carbocycles. The van der Waals surface area contributed by atoms with Crippen LogP contribution in [0.1, 0.15) is 38.7 Å². The molecule has 31 heavy (non-hydrogen) atoms. The Balaban J connectivity index is 1.66. The van der Waals surface area contributed by atoms with Gasteiger partial charge in [0.25, 0.3) is 0 Å². The number of aliphatic hydroxyl groups is 1. The van der Waals surface area contributed by atoms with Crippen molar-refractivity contribution in [3.8, 4) is 0 Å². The molecule has 2 amide bonds. The van der Waals surface area contributed by atoms with Gasteiger partial charge in [0.15, 0.2) is 0 Å². The van der Waals surface area contributed by atoms with E-state index in [1.807, 2.05) is 37.3 Å². The largest absolute Gasteiger partial charge is 0.466 e. The van der Waals surface area contributed by atoms with E-state index in [2.05, 4.69) is 5.32 Å². The van der Waals surface area contributed by atoms with Crippen LogP contribution in [0.2, 0.25) is 0 Å². The Labute approximate surface area is 181 Å². The number of carbonyl (C=O) groups excluding carboxylic acids is 3. The van der Waals surface area contributed by atoms with Gasteiger partial charge in [0.2, 0.25) is 11.8 Å². The molecule has 6 atom stereocenters. The van der Waals surface area contributed by atoms with E-state index >= 15 is 0 Å². The van der Waals surface area contributed by atoms with E-state index in [9.17, 15) is 19.5 Å². The number of benzene rings is 1. The van der Waals surface area contributed by atoms with Gasteiger partial charge in [-0.25, -0.2) is 0 Å². The zero-order valence-corrected chi connectivity index (χ0v) is 18.0. The minimum absolute atomic E-state index is 0.217. The topological polar surface area (TPSA) is 105 Å². The number of ether oxygens (including phenoxy) is 2. The molecule has 1 spiro atoms. The maximum absolute atomic E-state index is 13.6. The molecule has 0 saturated carbocycles. The first-order valence-electron chi connectivity index (χ1n) is 11.1. The van der Waals surface area contributed by atoms with Gasteiger partial charge >= 0.3 is 5.97 Å². The standard InChI is InChI=1S/C23H30N2O6/c1-3-15(13-26)25-19(20(27)24-12-14-8-6-5-7-9-14)23-11-10-16(31-23)17(18(23)21(25)28)22(29)30-4-2/h5-9,15-19,26H,3-4,10-13H2,1-2H3,(H,24,27)/t15-,16+,17-,18-,19?,23?/m0/s1. The Morgan fingerprint density at radius 3 is 2.71 bits per heavy atom. The minimum atomic E-state index is -1.07. The van der Waals surface area contributed by atoms with Crippen LogP contribution in [0.3, 0.4) is 0 Å². The summed E-state index contributed by atoms with van der Waals surface area (Å²) in [5, 5.41) is 12.9. The normalized spacial score (nSPS) is 32.1. The van der Waals surface area contributed by atoms with E-state index in [1.165, 1.54) is 4.90 Å². The van der Waals surface area contributed by atoms with Crippen LogP contribution in [-0.4, -0.2) is 64.8 Å². The van der Waals surface area contributed by atoms with Gasteiger partial charge in [0, 0.05) is 6.54 Å². The summed E-state index contributed by atoms with van der Waals surface area (Å²) in [4.78, 5) is 41.2. The summed E-state index contributed by atoms with van der Waals surface area (Å²) < 4.78 is 11.5. The second-order valence-corrected chi connectivity index (χ2v) is 8.50. The maximum Gasteiger partial charge on any atom is 0.312 e. The molecule has 4 rings (SSSR count). The Hall–Kier alpha value is -2.45. The highest BCUT2D eigenvalue weighted by molar-refractivity contribution is 5.98. The third-order valence-corrected chi connectivity index (χ3v) is 6.93. The van der Waals surface area contributed by atoms with Crippen LogP contribution in [-0.2, 0) is 30.4 Å². The first-order chi connectivity index (χ1) is 15.0. The smallest absolute Gasteiger partial charge is 0.312 e. The molecule has 3 saturated heterocycles. The van der Waals surface area contributed by atoms with Gasteiger partial charge < -0.3 is 24.8 Å². The lowest BCUT2D eigenvalue weighted by molar-refractivity contribution is -0.155. The molecule has 3 fully saturated rings. The highest BCUT2D eigenvalue weighted by atomic mass is 16.6. The van der Waals surface area contributed by atoms with Crippen LogP contribution < -0.4 is 5.32 Å². The van der Waals surface area contributed by atoms with E-state index in [0.717, 1.165) is 5.56 Å². The first kappa shape index (κ1) is 21.8. The average molecular weight is 431 g/mol. The zero-order chi connectivity index (χ0) is 22.2. The van der Waals surface area contributed by atoms with Gasteiger partial charge in [0.1, 0.15) is 11.6 Å². The lowest BCUT2D eigenvalue weighted by Crippen LogP contribution is -2.57. The lowest BCUT2D eigenvalue weighted by Gasteiger charge is -2.36. The van der Waals surface area contributed by atoms with Gasteiger partial charge in [-0.1, -0.05) is 37.3 Å². The quantitative estimate of drug-likeness (QED) is 0.597. The molecule has 3 aliphatic heterocycles. The minimum Gasteiger partial charge on any atom is -0.466 e. The number of amides is 2. The predicted molar refractivity (Wildman–Crippen MR) is 111 cm³/mol. The van der Waals surface area contributed by atoms with Crippen LogP contribution in [0.4, 0.5) is 0 Å². The molecular weight excluding hydrogens is 400 g/mol. The molecule has 2 N–H and O–H groups in total. The summed E-state index contributed by atoms with van der Waals surface area (Å²) in [7, 11) is 0. The van der Waals surface area contributed by atoms with Crippen LogP contribution in [0, 0.1) is 11.8 Å². The van der Waals surface area contributed by atoms with E-state index < -0.39 is 41.6 Å². The SMILES string of the molecule is CCOC(=O)[C@@H]1[C@H]2C(=O)N([C@@H](CC)CO)C(C(=O)NCc3ccccc3)C23CC[C@H]1O3. The Morgan fingerprint density at radius 2 is 2.06 bits per heavy atom. The number of nitrogens with zero attached hydrogens (tertiary/aromatic N) is 1. The molecule has 0 aromatic heterocycles. The summed E-state index contributed by atoms with van der Waals surface area (Å²) in [6, 6.07) is 8.10. The molecular formula is C23H30N2O6. The Bertz CT molecular complexity index is 842. The van der Waals surface area contributed by atoms with E-state index in [-0.39, 0.29) is 25.0 Å². The molecule has 1 aromatic carbocycles. The van der Waals surface area contributed by atoms with Crippen molar-refractivity contribution in [1.82, 2.24) is 10.2 Å². The van der Waals surface area contributed by atoms with E-state index in [4.69, 9.17) is 9.47 Å². The summed E-state index contributed by atoms with van der Waals surface area (Å²) in [6.07, 6.45) is 1.18. The predicted octanol–water partition coefficient (Wildman–Crippen LogP) is 1.01. The Morgan fingerprint density at radius 1 is 1.32 bits per heavy atom. The van der Waals surface area contributed by atoms with Gasteiger partial charge in [-0.3, -0.25) is 14.4 Å². The Kier molecular flexibility index (Phi) is 6.03. The van der Waals surface area contributed by atoms with Crippen LogP contribution in [0.15, 0.2) is 30.3 Å². The third-order valence-electron chi connectivity index (χ3n) is 6.93.